The van der Waals surface area contributed by atoms with E-state index >= 15 is 0 Å². The maximum Gasteiger partial charge on any atom is 0.0222 e. The van der Waals surface area contributed by atoms with Crippen molar-refractivity contribution in [2.24, 2.45) is 0 Å². The van der Waals surface area contributed by atoms with Crippen molar-refractivity contribution >= 4 is 47.8 Å². The summed E-state index contributed by atoms with van der Waals surface area (Å²) >= 11 is 12.4. The van der Waals surface area contributed by atoms with Gasteiger partial charge in [-0.25, -0.2) is 0 Å². The minimum Gasteiger partial charge on any atom is -0.0654 e. The molecule has 3 heteroatoms. The van der Waals surface area contributed by atoms with Gasteiger partial charge in [-0.15, -0.1) is 0 Å². The van der Waals surface area contributed by atoms with E-state index in [1.165, 1.54) is 206 Å². The van der Waals surface area contributed by atoms with Gasteiger partial charge in [0.15, 0.2) is 0 Å². The van der Waals surface area contributed by atoms with Gasteiger partial charge in [0.2, 0.25) is 0 Å². The van der Waals surface area contributed by atoms with Gasteiger partial charge in [-0.3, -0.25) is 0 Å². The molecule has 0 spiro atoms. The highest BCUT2D eigenvalue weighted by Gasteiger charge is 2.57. The van der Waals surface area contributed by atoms with Crippen LogP contribution < -0.4 is 0 Å². The minimum absolute atomic E-state index is 0.0363. The molecule has 0 aromatic heterocycles. The van der Waals surface area contributed by atoms with E-state index in [1.807, 2.05) is 0 Å². The zero-order chi connectivity index (χ0) is 46.7. The molecule has 3 aliphatic rings. The second-order valence-electron chi connectivity index (χ2n) is 21.4. The lowest BCUT2D eigenvalue weighted by Gasteiger charge is -2.39. The Morgan fingerprint density at radius 3 is 0.697 bits per heavy atom. The molecule has 360 valence electrons. The molecule has 0 saturated heterocycles. The fraction of sp³-hybridized carbons (Fsp3) is 0.619. The van der Waals surface area contributed by atoms with E-state index in [-0.39, 0.29) is 16.2 Å². The first-order valence-corrected chi connectivity index (χ1v) is 30.3. The third-order valence-electron chi connectivity index (χ3n) is 17.0. The Balaban J connectivity index is 1.69. The summed E-state index contributed by atoms with van der Waals surface area (Å²) in [5, 5.41) is 0. The Kier molecular flexibility index (Phi) is 19.3. The Morgan fingerprint density at radius 1 is 0.288 bits per heavy atom. The summed E-state index contributed by atoms with van der Waals surface area (Å²) in [6.07, 6.45) is 38.7. The number of unbranched alkanes of at least 4 members (excludes halogenated alkanes) is 18. The van der Waals surface area contributed by atoms with Crippen LogP contribution in [0.3, 0.4) is 0 Å². The van der Waals surface area contributed by atoms with Crippen LogP contribution in [0.5, 0.6) is 0 Å². The minimum atomic E-state index is -0.0363. The van der Waals surface area contributed by atoms with E-state index in [1.54, 1.807) is 66.8 Å². The van der Waals surface area contributed by atoms with E-state index in [0.29, 0.717) is 0 Å². The smallest absolute Gasteiger partial charge is 0.0222 e. The SMILES string of the molecule is CCCCCCC1(CCCCCC)c2cc(Br)ccc2-c2c1c1c(c3c2C(CCCCCC)(CCCCCC)c2cc(Br)ccc2-3)C(CCCCCC)(CCCCCC)c2cc(Br)ccc2-1. The molecule has 0 nitrogen and oxygen atoms in total. The van der Waals surface area contributed by atoms with Crippen molar-refractivity contribution in [3.8, 4) is 33.4 Å². The lowest BCUT2D eigenvalue weighted by Crippen LogP contribution is -2.31. The van der Waals surface area contributed by atoms with Gasteiger partial charge in [0, 0.05) is 29.7 Å². The van der Waals surface area contributed by atoms with Crippen molar-refractivity contribution in [1.29, 1.82) is 0 Å². The van der Waals surface area contributed by atoms with Crippen LogP contribution in [0.2, 0.25) is 0 Å². The Hall–Kier alpha value is -1.68. The topological polar surface area (TPSA) is 0 Å². The average molecular weight is 1080 g/mol. The summed E-state index contributed by atoms with van der Waals surface area (Å²) in [5.74, 6) is 0. The standard InChI is InChI=1S/C63H87Br3/c1-7-13-19-25-37-61(38-26-20-14-8-2)52-43-46(64)31-34-49(52)55-58(61)56-50-35-32-47(65)44-53(50)62(39-27-21-15-9-3,40-28-22-16-10-4)60(56)57-51-36-33-48(66)45-54(51)63(59(55)57,41-29-23-17-11-5)42-30-24-18-12-6/h31-36,43-45H,7-30,37-42H2,1-6H3. The maximum atomic E-state index is 4.15. The Morgan fingerprint density at radius 2 is 0.500 bits per heavy atom. The molecule has 0 heterocycles. The molecule has 0 saturated carbocycles. The van der Waals surface area contributed by atoms with E-state index in [0.717, 1.165) is 0 Å². The molecular weight excluding hydrogens is 996 g/mol. The molecule has 7 rings (SSSR count). The van der Waals surface area contributed by atoms with E-state index in [9.17, 15) is 0 Å². The van der Waals surface area contributed by atoms with Gasteiger partial charge in [0.1, 0.15) is 0 Å². The predicted molar refractivity (Wildman–Crippen MR) is 301 cm³/mol. The predicted octanol–water partition coefficient (Wildman–Crippen LogP) is 22.6. The molecule has 0 aliphatic heterocycles. The van der Waals surface area contributed by atoms with Gasteiger partial charge in [-0.05, 0) is 142 Å². The van der Waals surface area contributed by atoms with E-state index < -0.39 is 0 Å². The summed E-state index contributed by atoms with van der Waals surface area (Å²) in [4.78, 5) is 0. The molecule has 0 atom stereocenters. The van der Waals surface area contributed by atoms with Crippen LogP contribution in [0.25, 0.3) is 33.4 Å². The highest BCUT2D eigenvalue weighted by atomic mass is 79.9. The first-order chi connectivity index (χ1) is 32.2. The first-order valence-electron chi connectivity index (χ1n) is 27.9. The molecule has 4 aromatic carbocycles. The van der Waals surface area contributed by atoms with Gasteiger partial charge in [0.05, 0.1) is 0 Å². The second kappa shape index (κ2) is 24.4. The fourth-order valence-electron chi connectivity index (χ4n) is 13.8. The van der Waals surface area contributed by atoms with Crippen molar-refractivity contribution in [2.45, 2.75) is 250 Å². The zero-order valence-corrected chi connectivity index (χ0v) is 47.3. The molecule has 0 bridgehead atoms. The maximum absolute atomic E-state index is 4.15. The van der Waals surface area contributed by atoms with E-state index in [4.69, 9.17) is 0 Å². The molecule has 3 aliphatic carbocycles. The molecule has 0 unspecified atom stereocenters. The zero-order valence-electron chi connectivity index (χ0n) is 42.5. The van der Waals surface area contributed by atoms with Crippen molar-refractivity contribution in [3.05, 3.63) is 101 Å². The lowest BCUT2D eigenvalue weighted by molar-refractivity contribution is 0.389. The molecular formula is C63H87Br3. The third kappa shape index (κ3) is 10.2. The van der Waals surface area contributed by atoms with Crippen molar-refractivity contribution in [2.75, 3.05) is 0 Å². The number of benzene rings is 4. The fourth-order valence-corrected chi connectivity index (χ4v) is 14.9. The number of hydrogen-bond donors (Lipinski definition) is 0. The number of fused-ring (bicyclic) bond motifs is 12. The lowest BCUT2D eigenvalue weighted by atomic mass is 9.63. The van der Waals surface area contributed by atoms with Gasteiger partial charge < -0.3 is 0 Å². The summed E-state index contributed by atoms with van der Waals surface area (Å²) in [7, 11) is 0. The van der Waals surface area contributed by atoms with Crippen LogP contribution in [0, 0.1) is 0 Å². The Bertz CT molecular complexity index is 1900. The molecule has 66 heavy (non-hydrogen) atoms. The van der Waals surface area contributed by atoms with Crippen LogP contribution in [0.1, 0.15) is 268 Å². The second-order valence-corrected chi connectivity index (χ2v) is 24.2. The van der Waals surface area contributed by atoms with Crippen molar-refractivity contribution in [3.63, 3.8) is 0 Å². The molecule has 4 aromatic rings. The molecule has 0 fully saturated rings. The highest BCUT2D eigenvalue weighted by molar-refractivity contribution is 9.11. The quantitative estimate of drug-likeness (QED) is 0.0457. The molecule has 0 radical (unpaired) electrons. The van der Waals surface area contributed by atoms with Crippen LogP contribution in [-0.4, -0.2) is 0 Å². The highest BCUT2D eigenvalue weighted by Crippen LogP contribution is 2.71. The van der Waals surface area contributed by atoms with Crippen LogP contribution >= 0.6 is 47.8 Å². The van der Waals surface area contributed by atoms with Crippen LogP contribution in [-0.2, 0) is 16.2 Å². The Labute approximate surface area is 429 Å². The van der Waals surface area contributed by atoms with Gasteiger partial charge in [-0.2, -0.15) is 0 Å². The molecule has 0 N–H and O–H groups in total. The third-order valence-corrected chi connectivity index (χ3v) is 18.5. The average Bonchev–Trinajstić information content (AvgIpc) is 3.86. The van der Waals surface area contributed by atoms with Crippen molar-refractivity contribution < 1.29 is 0 Å². The van der Waals surface area contributed by atoms with Gasteiger partial charge in [0.25, 0.3) is 0 Å². The first kappa shape index (κ1) is 52.2. The summed E-state index contributed by atoms with van der Waals surface area (Å²) in [5.41, 5.74) is 19.8. The van der Waals surface area contributed by atoms with Crippen LogP contribution in [0.4, 0.5) is 0 Å². The molecule has 0 amide bonds. The number of rotatable bonds is 30. The monoisotopic (exact) mass is 1080 g/mol. The van der Waals surface area contributed by atoms with E-state index in [2.05, 4.69) is 144 Å². The summed E-state index contributed by atoms with van der Waals surface area (Å²) in [6.45, 7) is 14.3. The number of hydrogen-bond acceptors (Lipinski definition) is 0. The summed E-state index contributed by atoms with van der Waals surface area (Å²) in [6, 6.07) is 22.9. The van der Waals surface area contributed by atoms with Gasteiger partial charge >= 0.3 is 0 Å². The number of halogens is 3. The van der Waals surface area contributed by atoms with Gasteiger partial charge in [-0.1, -0.05) is 262 Å². The largest absolute Gasteiger partial charge is 0.0654 e. The van der Waals surface area contributed by atoms with Crippen LogP contribution in [0.15, 0.2) is 68.0 Å². The van der Waals surface area contributed by atoms with Crippen molar-refractivity contribution in [1.82, 2.24) is 0 Å². The summed E-state index contributed by atoms with van der Waals surface area (Å²) < 4.78 is 3.74. The normalized spacial score (nSPS) is 15.4.